The Morgan fingerprint density at radius 1 is 1.33 bits per heavy atom. The van der Waals surface area contributed by atoms with Crippen LogP contribution in [0, 0.1) is 23.7 Å². The van der Waals surface area contributed by atoms with Crippen LogP contribution in [0.2, 0.25) is 0 Å². The fourth-order valence-electron chi connectivity index (χ4n) is 0.751. The summed E-state index contributed by atoms with van der Waals surface area (Å²) in [6.07, 6.45) is 5.01. The summed E-state index contributed by atoms with van der Waals surface area (Å²) in [5, 5.41) is 8.48. The van der Waals surface area contributed by atoms with Crippen molar-refractivity contribution >= 4 is 0 Å². The van der Waals surface area contributed by atoms with Crippen LogP contribution < -0.4 is 4.74 Å². The molecule has 0 N–H and O–H groups in total. The van der Waals surface area contributed by atoms with Crippen LogP contribution in [0.15, 0.2) is 24.3 Å². The fourth-order valence-corrected chi connectivity index (χ4v) is 0.751. The van der Waals surface area contributed by atoms with Crippen molar-refractivity contribution in [2.24, 2.45) is 0 Å². The van der Waals surface area contributed by atoms with E-state index in [4.69, 9.17) is 16.4 Å². The molecule has 0 heterocycles. The topological polar surface area (TPSA) is 33.0 Å². The third kappa shape index (κ3) is 2.04. The van der Waals surface area contributed by atoms with Gasteiger partial charge in [0.25, 0.3) is 0 Å². The van der Waals surface area contributed by atoms with Gasteiger partial charge in [0, 0.05) is 0 Å². The highest BCUT2D eigenvalue weighted by molar-refractivity contribution is 5.34. The van der Waals surface area contributed by atoms with Crippen LogP contribution in [0.3, 0.4) is 0 Å². The Morgan fingerprint density at radius 3 is 2.50 bits per heavy atom. The molecule has 0 aliphatic rings. The molecule has 58 valence electrons. The molecule has 0 atom stereocenters. The molecule has 2 nitrogen and oxygen atoms in total. The lowest BCUT2D eigenvalue weighted by atomic mass is 10.2. The average molecular weight is 157 g/mol. The van der Waals surface area contributed by atoms with E-state index >= 15 is 0 Å². The van der Waals surface area contributed by atoms with E-state index in [2.05, 4.69) is 5.92 Å². The molecule has 0 radical (unpaired) electrons. The Kier molecular flexibility index (Phi) is 2.76. The first-order valence-electron chi connectivity index (χ1n) is 3.43. The van der Waals surface area contributed by atoms with Gasteiger partial charge in [-0.3, -0.25) is 0 Å². The highest BCUT2D eigenvalue weighted by atomic mass is 16.5. The molecule has 0 saturated carbocycles. The van der Waals surface area contributed by atoms with Crippen LogP contribution in [-0.4, -0.2) is 6.61 Å². The smallest absolute Gasteiger partial charge is 0.148 e. The maximum absolute atomic E-state index is 8.48. The summed E-state index contributed by atoms with van der Waals surface area (Å²) >= 11 is 0. The number of terminal acetylenes is 1. The molecule has 1 aromatic carbocycles. The number of hydrogen-bond acceptors (Lipinski definition) is 2. The van der Waals surface area contributed by atoms with Crippen LogP contribution in [0.1, 0.15) is 5.56 Å². The minimum absolute atomic E-state index is 0.256. The SMILES string of the molecule is C#CCOc1ccc(C#N)cc1. The molecule has 0 aliphatic heterocycles. The van der Waals surface area contributed by atoms with Gasteiger partial charge in [0.15, 0.2) is 0 Å². The average Bonchev–Trinajstić information content (AvgIpc) is 2.15. The van der Waals surface area contributed by atoms with Crippen LogP contribution in [0.4, 0.5) is 0 Å². The van der Waals surface area contributed by atoms with E-state index in [-0.39, 0.29) is 6.61 Å². The first-order chi connectivity index (χ1) is 5.86. The molecule has 1 aromatic rings. The van der Waals surface area contributed by atoms with Gasteiger partial charge in [-0.15, -0.1) is 6.42 Å². The van der Waals surface area contributed by atoms with E-state index in [1.165, 1.54) is 0 Å². The Hall–Kier alpha value is -1.93. The summed E-state index contributed by atoms with van der Waals surface area (Å²) in [6.45, 7) is 0.256. The second kappa shape index (κ2) is 4.05. The first-order valence-corrected chi connectivity index (χ1v) is 3.43. The zero-order valence-corrected chi connectivity index (χ0v) is 6.45. The van der Waals surface area contributed by atoms with Crippen LogP contribution in [0.5, 0.6) is 5.75 Å². The molecule has 0 amide bonds. The second-order valence-corrected chi connectivity index (χ2v) is 2.13. The summed E-state index contributed by atoms with van der Waals surface area (Å²) in [4.78, 5) is 0. The molecule has 1 rings (SSSR count). The monoisotopic (exact) mass is 157 g/mol. The molecule has 12 heavy (non-hydrogen) atoms. The summed E-state index contributed by atoms with van der Waals surface area (Å²) in [5.74, 6) is 3.04. The second-order valence-electron chi connectivity index (χ2n) is 2.13. The van der Waals surface area contributed by atoms with Gasteiger partial charge in [0.1, 0.15) is 12.4 Å². The summed E-state index contributed by atoms with van der Waals surface area (Å²) < 4.78 is 5.11. The number of hydrogen-bond donors (Lipinski definition) is 0. The van der Waals surface area contributed by atoms with Gasteiger partial charge in [-0.05, 0) is 24.3 Å². The Morgan fingerprint density at radius 2 is 2.00 bits per heavy atom. The van der Waals surface area contributed by atoms with E-state index in [0.29, 0.717) is 11.3 Å². The predicted octanol–water partition coefficient (Wildman–Crippen LogP) is 1.57. The number of nitriles is 1. The maximum atomic E-state index is 8.48. The van der Waals surface area contributed by atoms with Crippen molar-refractivity contribution in [1.29, 1.82) is 5.26 Å². The third-order valence-electron chi connectivity index (χ3n) is 1.31. The molecule has 0 fully saturated rings. The lowest BCUT2D eigenvalue weighted by molar-refractivity contribution is 0.370. The minimum Gasteiger partial charge on any atom is -0.481 e. The van der Waals surface area contributed by atoms with Crippen molar-refractivity contribution in [2.45, 2.75) is 0 Å². The Labute approximate surface area is 71.4 Å². The third-order valence-corrected chi connectivity index (χ3v) is 1.31. The quantitative estimate of drug-likeness (QED) is 0.610. The van der Waals surface area contributed by atoms with Crippen molar-refractivity contribution < 1.29 is 4.74 Å². The molecular weight excluding hydrogens is 150 g/mol. The van der Waals surface area contributed by atoms with Crippen molar-refractivity contribution in [3.05, 3.63) is 29.8 Å². The van der Waals surface area contributed by atoms with Gasteiger partial charge in [-0.25, -0.2) is 0 Å². The van der Waals surface area contributed by atoms with Gasteiger partial charge in [0.2, 0.25) is 0 Å². The number of benzene rings is 1. The lowest BCUT2D eigenvalue weighted by Crippen LogP contribution is -1.92. The van der Waals surface area contributed by atoms with Gasteiger partial charge < -0.3 is 4.74 Å². The molecule has 0 aliphatic carbocycles. The Balaban J connectivity index is 2.68. The van der Waals surface area contributed by atoms with E-state index in [1.807, 2.05) is 6.07 Å². The van der Waals surface area contributed by atoms with Gasteiger partial charge >= 0.3 is 0 Å². The van der Waals surface area contributed by atoms with E-state index in [1.54, 1.807) is 24.3 Å². The van der Waals surface area contributed by atoms with Crippen LogP contribution >= 0.6 is 0 Å². The predicted molar refractivity (Wildman–Crippen MR) is 45.5 cm³/mol. The molecule has 0 aromatic heterocycles. The molecule has 0 saturated heterocycles. The molecule has 0 unspecified atom stereocenters. The first kappa shape index (κ1) is 8.17. The highest BCUT2D eigenvalue weighted by Gasteiger charge is 1.91. The van der Waals surface area contributed by atoms with Gasteiger partial charge in [-0.2, -0.15) is 5.26 Å². The van der Waals surface area contributed by atoms with E-state index in [0.717, 1.165) is 0 Å². The van der Waals surface area contributed by atoms with Gasteiger partial charge in [-0.1, -0.05) is 5.92 Å². The van der Waals surface area contributed by atoms with E-state index in [9.17, 15) is 0 Å². The van der Waals surface area contributed by atoms with Crippen molar-refractivity contribution in [1.82, 2.24) is 0 Å². The highest BCUT2D eigenvalue weighted by Crippen LogP contribution is 2.10. The summed E-state index contributed by atoms with van der Waals surface area (Å²) in [6, 6.07) is 8.82. The van der Waals surface area contributed by atoms with Gasteiger partial charge in [0.05, 0.1) is 11.6 Å². The minimum atomic E-state index is 0.256. The Bertz CT molecular complexity index is 326. The zero-order valence-electron chi connectivity index (χ0n) is 6.45. The van der Waals surface area contributed by atoms with Crippen molar-refractivity contribution in [2.75, 3.05) is 6.61 Å². The standard InChI is InChI=1S/C10H7NO/c1-2-7-12-10-5-3-9(8-11)4-6-10/h1,3-6H,7H2. The maximum Gasteiger partial charge on any atom is 0.148 e. The number of nitrogens with zero attached hydrogens (tertiary/aromatic N) is 1. The van der Waals surface area contributed by atoms with Crippen molar-refractivity contribution in [3.63, 3.8) is 0 Å². The molecule has 0 spiro atoms. The molecular formula is C10H7NO. The van der Waals surface area contributed by atoms with Crippen molar-refractivity contribution in [3.8, 4) is 24.2 Å². The lowest BCUT2D eigenvalue weighted by Gasteiger charge is -1.99. The zero-order chi connectivity index (χ0) is 8.81. The number of ether oxygens (including phenoxy) is 1. The molecule has 0 bridgehead atoms. The van der Waals surface area contributed by atoms with Crippen LogP contribution in [0.25, 0.3) is 0 Å². The van der Waals surface area contributed by atoms with Crippen LogP contribution in [-0.2, 0) is 0 Å². The number of rotatable bonds is 2. The normalized spacial score (nSPS) is 8.17. The molecule has 2 heteroatoms. The summed E-state index contributed by atoms with van der Waals surface area (Å²) in [5.41, 5.74) is 0.614. The largest absolute Gasteiger partial charge is 0.481 e. The fraction of sp³-hybridized carbons (Fsp3) is 0.100. The summed E-state index contributed by atoms with van der Waals surface area (Å²) in [7, 11) is 0. The van der Waals surface area contributed by atoms with E-state index < -0.39 is 0 Å².